The van der Waals surface area contributed by atoms with Gasteiger partial charge in [0.15, 0.2) is 5.82 Å². The fourth-order valence-electron chi connectivity index (χ4n) is 2.26. The standard InChI is InChI=1S/C16H15FN4O3/c1-10-8-13(20-24-10)19-14(22)9-21-7-6-18-16(21)15(23)11-2-4-12(17)5-3-11/h2-8,15,23H,9H2,1H3,(H,19,20,22)/t15-/m1/s1. The normalized spacial score (nSPS) is 12.1. The van der Waals surface area contributed by atoms with Crippen molar-refractivity contribution in [3.8, 4) is 0 Å². The van der Waals surface area contributed by atoms with Gasteiger partial charge in [-0.05, 0) is 24.6 Å². The van der Waals surface area contributed by atoms with Gasteiger partial charge in [-0.25, -0.2) is 9.37 Å². The van der Waals surface area contributed by atoms with Gasteiger partial charge in [-0.15, -0.1) is 0 Å². The van der Waals surface area contributed by atoms with Crippen molar-refractivity contribution < 1.29 is 18.8 Å². The number of carbonyl (C=O) groups is 1. The van der Waals surface area contributed by atoms with Crippen LogP contribution in [0.3, 0.4) is 0 Å². The molecule has 0 spiro atoms. The van der Waals surface area contributed by atoms with Crippen LogP contribution < -0.4 is 5.32 Å². The van der Waals surface area contributed by atoms with Crippen LogP contribution in [0.1, 0.15) is 23.3 Å². The predicted octanol–water partition coefficient (Wildman–Crippen LogP) is 2.04. The molecule has 2 aromatic heterocycles. The van der Waals surface area contributed by atoms with E-state index in [9.17, 15) is 14.3 Å². The lowest BCUT2D eigenvalue weighted by molar-refractivity contribution is -0.116. The summed E-state index contributed by atoms with van der Waals surface area (Å²) in [6.07, 6.45) is 1.99. The van der Waals surface area contributed by atoms with Crippen molar-refractivity contribution in [3.63, 3.8) is 0 Å². The van der Waals surface area contributed by atoms with E-state index in [2.05, 4.69) is 15.5 Å². The van der Waals surface area contributed by atoms with Crippen LogP contribution in [0.25, 0.3) is 0 Å². The number of amides is 1. The smallest absolute Gasteiger partial charge is 0.245 e. The molecule has 2 N–H and O–H groups in total. The van der Waals surface area contributed by atoms with E-state index in [0.29, 0.717) is 17.1 Å². The van der Waals surface area contributed by atoms with E-state index in [0.717, 1.165) is 0 Å². The largest absolute Gasteiger partial charge is 0.380 e. The molecular formula is C16H15FN4O3. The summed E-state index contributed by atoms with van der Waals surface area (Å²) in [5.74, 6) is 0.456. The molecule has 1 amide bonds. The number of aliphatic hydroxyl groups excluding tert-OH is 1. The highest BCUT2D eigenvalue weighted by Crippen LogP contribution is 2.21. The summed E-state index contributed by atoms with van der Waals surface area (Å²) in [7, 11) is 0. The molecule has 124 valence electrons. The fourth-order valence-corrected chi connectivity index (χ4v) is 2.26. The molecular weight excluding hydrogens is 315 g/mol. The summed E-state index contributed by atoms with van der Waals surface area (Å²) in [5.41, 5.74) is 0.483. The average Bonchev–Trinajstić information content (AvgIpc) is 3.16. The van der Waals surface area contributed by atoms with Gasteiger partial charge in [-0.2, -0.15) is 0 Å². The lowest BCUT2D eigenvalue weighted by Gasteiger charge is -2.13. The lowest BCUT2D eigenvalue weighted by Crippen LogP contribution is -2.21. The van der Waals surface area contributed by atoms with Gasteiger partial charge in [0, 0.05) is 18.5 Å². The summed E-state index contributed by atoms with van der Waals surface area (Å²) in [6, 6.07) is 7.05. The van der Waals surface area contributed by atoms with E-state index in [1.165, 1.54) is 35.0 Å². The number of anilines is 1. The molecule has 0 aliphatic heterocycles. The van der Waals surface area contributed by atoms with Gasteiger partial charge in [0.2, 0.25) is 5.91 Å². The minimum Gasteiger partial charge on any atom is -0.380 e. The summed E-state index contributed by atoms with van der Waals surface area (Å²) in [4.78, 5) is 16.2. The Kier molecular flexibility index (Phi) is 4.39. The van der Waals surface area contributed by atoms with Crippen molar-refractivity contribution in [2.45, 2.75) is 19.6 Å². The van der Waals surface area contributed by atoms with Crippen LogP contribution in [0.15, 0.2) is 47.2 Å². The van der Waals surface area contributed by atoms with Crippen LogP contribution in [0.2, 0.25) is 0 Å². The molecule has 8 heteroatoms. The maximum Gasteiger partial charge on any atom is 0.245 e. The Balaban J connectivity index is 1.72. The molecule has 0 saturated heterocycles. The Morgan fingerprint density at radius 2 is 2.17 bits per heavy atom. The van der Waals surface area contributed by atoms with E-state index in [1.54, 1.807) is 19.2 Å². The van der Waals surface area contributed by atoms with Crippen LogP contribution in [0.5, 0.6) is 0 Å². The van der Waals surface area contributed by atoms with Crippen LogP contribution in [-0.4, -0.2) is 25.7 Å². The van der Waals surface area contributed by atoms with Crippen molar-refractivity contribution in [2.75, 3.05) is 5.32 Å². The molecule has 0 unspecified atom stereocenters. The third-order valence-electron chi connectivity index (χ3n) is 3.39. The van der Waals surface area contributed by atoms with Crippen molar-refractivity contribution in [3.05, 3.63) is 65.7 Å². The first-order valence-electron chi connectivity index (χ1n) is 7.20. The monoisotopic (exact) mass is 330 g/mol. The first kappa shape index (κ1) is 15.9. The van der Waals surface area contributed by atoms with Crippen LogP contribution in [-0.2, 0) is 11.3 Å². The van der Waals surface area contributed by atoms with Crippen LogP contribution in [0, 0.1) is 12.7 Å². The molecule has 24 heavy (non-hydrogen) atoms. The van der Waals surface area contributed by atoms with E-state index < -0.39 is 11.9 Å². The second kappa shape index (κ2) is 6.63. The Morgan fingerprint density at radius 1 is 1.42 bits per heavy atom. The van der Waals surface area contributed by atoms with Crippen molar-refractivity contribution in [2.24, 2.45) is 0 Å². The topological polar surface area (TPSA) is 93.2 Å². The maximum atomic E-state index is 13.0. The van der Waals surface area contributed by atoms with Crippen LogP contribution in [0.4, 0.5) is 10.2 Å². The third-order valence-corrected chi connectivity index (χ3v) is 3.39. The Hall–Kier alpha value is -3.00. The number of carbonyl (C=O) groups excluding carboxylic acids is 1. The van der Waals surface area contributed by atoms with Crippen molar-refractivity contribution >= 4 is 11.7 Å². The zero-order valence-electron chi connectivity index (χ0n) is 12.8. The predicted molar refractivity (Wildman–Crippen MR) is 82.6 cm³/mol. The van der Waals surface area contributed by atoms with Gasteiger partial charge in [-0.3, -0.25) is 4.79 Å². The molecule has 0 aliphatic rings. The SMILES string of the molecule is Cc1cc(NC(=O)Cn2ccnc2[C@H](O)c2ccc(F)cc2)no1. The minimum absolute atomic E-state index is 0.0561. The van der Waals surface area contributed by atoms with Gasteiger partial charge in [0.25, 0.3) is 0 Å². The highest BCUT2D eigenvalue weighted by atomic mass is 19.1. The highest BCUT2D eigenvalue weighted by Gasteiger charge is 2.18. The molecule has 2 heterocycles. The summed E-state index contributed by atoms with van der Waals surface area (Å²) >= 11 is 0. The zero-order chi connectivity index (χ0) is 17.1. The number of benzene rings is 1. The van der Waals surface area contributed by atoms with Gasteiger partial charge in [0.05, 0.1) is 0 Å². The zero-order valence-corrected chi connectivity index (χ0v) is 12.8. The molecule has 0 radical (unpaired) electrons. The van der Waals surface area contributed by atoms with Crippen molar-refractivity contribution in [1.82, 2.24) is 14.7 Å². The first-order chi connectivity index (χ1) is 11.5. The fraction of sp³-hybridized carbons (Fsp3) is 0.188. The number of aromatic nitrogens is 3. The maximum absolute atomic E-state index is 13.0. The summed E-state index contributed by atoms with van der Waals surface area (Å²) < 4.78 is 19.4. The second-order valence-corrected chi connectivity index (χ2v) is 5.24. The van der Waals surface area contributed by atoms with E-state index in [1.807, 2.05) is 0 Å². The number of rotatable bonds is 5. The molecule has 1 aromatic carbocycles. The number of aryl methyl sites for hydroxylation is 1. The Bertz CT molecular complexity index is 841. The Morgan fingerprint density at radius 3 is 2.83 bits per heavy atom. The Labute approximate surface area is 136 Å². The van der Waals surface area contributed by atoms with Crippen LogP contribution >= 0.6 is 0 Å². The molecule has 0 saturated carbocycles. The number of nitrogens with zero attached hydrogens (tertiary/aromatic N) is 3. The number of hydrogen-bond donors (Lipinski definition) is 2. The van der Waals surface area contributed by atoms with Gasteiger partial charge in [0.1, 0.15) is 30.1 Å². The van der Waals surface area contributed by atoms with E-state index in [4.69, 9.17) is 4.52 Å². The summed E-state index contributed by atoms with van der Waals surface area (Å²) in [6.45, 7) is 1.66. The average molecular weight is 330 g/mol. The molecule has 7 nitrogen and oxygen atoms in total. The quantitative estimate of drug-likeness (QED) is 0.747. The molecule has 0 fully saturated rings. The lowest BCUT2D eigenvalue weighted by atomic mass is 10.1. The second-order valence-electron chi connectivity index (χ2n) is 5.24. The minimum atomic E-state index is -1.07. The number of hydrogen-bond acceptors (Lipinski definition) is 5. The number of halogens is 1. The first-order valence-corrected chi connectivity index (χ1v) is 7.20. The number of nitrogens with one attached hydrogen (secondary N) is 1. The molecule has 0 aliphatic carbocycles. The molecule has 1 atom stereocenters. The summed E-state index contributed by atoms with van der Waals surface area (Å²) in [5, 5.41) is 16.7. The molecule has 0 bridgehead atoms. The number of aliphatic hydroxyl groups is 1. The molecule has 3 rings (SSSR count). The van der Waals surface area contributed by atoms with Gasteiger partial charge in [-0.1, -0.05) is 17.3 Å². The van der Waals surface area contributed by atoms with Crippen molar-refractivity contribution in [1.29, 1.82) is 0 Å². The van der Waals surface area contributed by atoms with Gasteiger partial charge < -0.3 is 19.5 Å². The van der Waals surface area contributed by atoms with Gasteiger partial charge >= 0.3 is 0 Å². The molecule has 3 aromatic rings. The highest BCUT2D eigenvalue weighted by molar-refractivity contribution is 5.89. The third kappa shape index (κ3) is 3.49. The van der Waals surface area contributed by atoms with E-state index in [-0.39, 0.29) is 18.3 Å². The van der Waals surface area contributed by atoms with E-state index >= 15 is 0 Å². The number of imidazole rings is 1.